The number of aromatic nitrogens is 2. The molecule has 0 amide bonds. The van der Waals surface area contributed by atoms with Gasteiger partial charge in [0.15, 0.2) is 0 Å². The SMILES string of the molecule is COc1ccc(CC[As]c2cc(-c3ccc(C(C)=NO)s3)nc(OC)n2)cc1. The second kappa shape index (κ2) is 9.71. The van der Waals surface area contributed by atoms with Crippen molar-refractivity contribution in [2.75, 3.05) is 14.2 Å². The summed E-state index contributed by atoms with van der Waals surface area (Å²) in [5.41, 5.74) is 2.71. The number of thiophene rings is 1. The topological polar surface area (TPSA) is 76.8 Å². The first-order chi connectivity index (χ1) is 13.6. The van der Waals surface area contributed by atoms with E-state index in [-0.39, 0.29) is 15.8 Å². The number of hydrogen-bond acceptors (Lipinski definition) is 7. The number of methoxy groups -OCH3 is 2. The molecule has 2 heterocycles. The maximum absolute atomic E-state index is 8.96. The molecule has 1 radical (unpaired) electrons. The molecule has 0 saturated carbocycles. The molecule has 0 unspecified atom stereocenters. The van der Waals surface area contributed by atoms with Crippen molar-refractivity contribution < 1.29 is 14.7 Å². The summed E-state index contributed by atoms with van der Waals surface area (Å²) in [6, 6.07) is 14.5. The van der Waals surface area contributed by atoms with E-state index in [9.17, 15) is 0 Å². The molecule has 0 saturated heterocycles. The molecule has 8 heteroatoms. The van der Waals surface area contributed by atoms with Crippen LogP contribution in [0.15, 0.2) is 47.6 Å². The van der Waals surface area contributed by atoms with Crippen LogP contribution in [0.3, 0.4) is 0 Å². The third kappa shape index (κ3) is 5.12. The Kier molecular flexibility index (Phi) is 7.06. The quantitative estimate of drug-likeness (QED) is 0.242. The van der Waals surface area contributed by atoms with Crippen LogP contribution in [0, 0.1) is 0 Å². The van der Waals surface area contributed by atoms with E-state index in [1.54, 1.807) is 21.1 Å². The van der Waals surface area contributed by atoms with Crippen molar-refractivity contribution in [2.45, 2.75) is 18.6 Å². The van der Waals surface area contributed by atoms with Gasteiger partial charge in [-0.1, -0.05) is 0 Å². The van der Waals surface area contributed by atoms with E-state index in [0.717, 1.165) is 37.3 Å². The Morgan fingerprint density at radius 1 is 1.11 bits per heavy atom. The van der Waals surface area contributed by atoms with Gasteiger partial charge in [-0.3, -0.25) is 0 Å². The molecule has 0 aliphatic rings. The Morgan fingerprint density at radius 2 is 1.89 bits per heavy atom. The fraction of sp³-hybridized carbons (Fsp3) is 0.250. The third-order valence-corrected chi connectivity index (χ3v) is 7.39. The van der Waals surface area contributed by atoms with E-state index in [2.05, 4.69) is 27.3 Å². The first kappa shape index (κ1) is 20.4. The van der Waals surface area contributed by atoms with Gasteiger partial charge < -0.3 is 0 Å². The van der Waals surface area contributed by atoms with Gasteiger partial charge in [0.05, 0.1) is 0 Å². The number of ether oxygens (including phenoxy) is 2. The van der Waals surface area contributed by atoms with E-state index in [1.807, 2.05) is 30.3 Å². The molecule has 2 aromatic heterocycles. The summed E-state index contributed by atoms with van der Waals surface area (Å²) in [5, 5.41) is 13.3. The molecule has 0 aliphatic carbocycles. The Morgan fingerprint density at radius 3 is 2.57 bits per heavy atom. The predicted molar refractivity (Wildman–Crippen MR) is 113 cm³/mol. The van der Waals surface area contributed by atoms with E-state index < -0.39 is 0 Å². The standard InChI is InChI=1S/C20H21AsN3O3S/c1-13(24-25)17-8-9-18(28-17)16-12-19(23-20(22-16)27-3)21-11-10-14-4-6-15(26-2)7-5-14/h4-9,12,25H,10-11H2,1-3H3. The third-order valence-electron chi connectivity index (χ3n) is 4.07. The van der Waals surface area contributed by atoms with Gasteiger partial charge >= 0.3 is 175 Å². The molecule has 0 bridgehead atoms. The number of hydrogen-bond donors (Lipinski definition) is 1. The summed E-state index contributed by atoms with van der Waals surface area (Å²) < 4.78 is 11.5. The zero-order valence-electron chi connectivity index (χ0n) is 15.9. The summed E-state index contributed by atoms with van der Waals surface area (Å²) in [7, 11) is 3.26. The van der Waals surface area contributed by atoms with Gasteiger partial charge in [-0.05, 0) is 0 Å². The van der Waals surface area contributed by atoms with Crippen molar-refractivity contribution in [3.63, 3.8) is 0 Å². The van der Waals surface area contributed by atoms with Gasteiger partial charge in [0, 0.05) is 0 Å². The summed E-state index contributed by atoms with van der Waals surface area (Å²) in [4.78, 5) is 10.9. The molecule has 0 fully saturated rings. The van der Waals surface area contributed by atoms with Crippen LogP contribution in [0.5, 0.6) is 11.8 Å². The van der Waals surface area contributed by atoms with Crippen LogP contribution in [0.25, 0.3) is 10.6 Å². The molecular weight excluding hydrogens is 437 g/mol. The molecule has 0 spiro atoms. The number of aryl methyl sites for hydroxylation is 1. The van der Waals surface area contributed by atoms with Gasteiger partial charge in [-0.2, -0.15) is 0 Å². The summed E-state index contributed by atoms with van der Waals surface area (Å²) in [6.07, 6.45) is 1.00. The zero-order valence-corrected chi connectivity index (χ0v) is 18.6. The molecule has 3 rings (SSSR count). The van der Waals surface area contributed by atoms with Crippen LogP contribution < -0.4 is 14.0 Å². The first-order valence-electron chi connectivity index (χ1n) is 8.65. The summed E-state index contributed by atoms with van der Waals surface area (Å²) in [6.45, 7) is 1.77. The molecule has 1 aromatic carbocycles. The van der Waals surface area contributed by atoms with Crippen LogP contribution in [0.4, 0.5) is 0 Å². The van der Waals surface area contributed by atoms with E-state index in [0.29, 0.717) is 11.7 Å². The molecule has 0 atom stereocenters. The van der Waals surface area contributed by atoms with Gasteiger partial charge in [-0.15, -0.1) is 0 Å². The molecular formula is C20H21AsN3O3S. The second-order valence-corrected chi connectivity index (χ2v) is 9.57. The fourth-order valence-corrected chi connectivity index (χ4v) is 5.46. The Labute approximate surface area is 174 Å². The van der Waals surface area contributed by atoms with E-state index >= 15 is 0 Å². The first-order valence-corrected chi connectivity index (χ1v) is 11.7. The van der Waals surface area contributed by atoms with Crippen LogP contribution in [0.1, 0.15) is 17.4 Å². The summed E-state index contributed by atoms with van der Waals surface area (Å²) in [5.74, 6) is 0.874. The molecule has 145 valence electrons. The van der Waals surface area contributed by atoms with Gasteiger partial charge in [0.25, 0.3) is 0 Å². The van der Waals surface area contributed by atoms with Gasteiger partial charge in [0.2, 0.25) is 0 Å². The second-order valence-electron chi connectivity index (χ2n) is 5.93. The van der Waals surface area contributed by atoms with Gasteiger partial charge in [-0.25, -0.2) is 0 Å². The minimum absolute atomic E-state index is 0.111. The van der Waals surface area contributed by atoms with Crippen molar-refractivity contribution in [3.8, 4) is 22.3 Å². The molecule has 3 aromatic rings. The number of benzene rings is 1. The van der Waals surface area contributed by atoms with Crippen molar-refractivity contribution in [1.82, 2.24) is 9.97 Å². The molecule has 0 aliphatic heterocycles. The maximum atomic E-state index is 8.96. The minimum atomic E-state index is -0.111. The van der Waals surface area contributed by atoms with Crippen molar-refractivity contribution >= 4 is 37.3 Å². The monoisotopic (exact) mass is 458 g/mol. The van der Waals surface area contributed by atoms with Crippen LogP contribution >= 0.6 is 11.3 Å². The average Bonchev–Trinajstić information content (AvgIpc) is 3.24. The van der Waals surface area contributed by atoms with Crippen molar-refractivity contribution in [2.24, 2.45) is 5.16 Å². The number of oxime groups is 1. The van der Waals surface area contributed by atoms with E-state index in [1.165, 1.54) is 16.9 Å². The fourth-order valence-electron chi connectivity index (χ4n) is 2.52. The Bertz CT molecular complexity index is 958. The molecule has 6 nitrogen and oxygen atoms in total. The van der Waals surface area contributed by atoms with Crippen LogP contribution in [0.2, 0.25) is 5.21 Å². The molecule has 28 heavy (non-hydrogen) atoms. The van der Waals surface area contributed by atoms with Crippen LogP contribution in [-0.2, 0) is 6.42 Å². The predicted octanol–water partition coefficient (Wildman–Crippen LogP) is 3.41. The molecule has 1 N–H and O–H groups in total. The van der Waals surface area contributed by atoms with Crippen LogP contribution in [-0.4, -0.2) is 50.9 Å². The summed E-state index contributed by atoms with van der Waals surface area (Å²) >= 11 is 1.42. The Hall–Kier alpha value is -2.37. The zero-order chi connectivity index (χ0) is 19.9. The Balaban J connectivity index is 1.72. The van der Waals surface area contributed by atoms with E-state index in [4.69, 9.17) is 14.7 Å². The average molecular weight is 458 g/mol. The van der Waals surface area contributed by atoms with Crippen molar-refractivity contribution in [1.29, 1.82) is 0 Å². The number of rotatable bonds is 8. The van der Waals surface area contributed by atoms with Gasteiger partial charge in [0.1, 0.15) is 0 Å². The normalized spacial score (nSPS) is 11.9. The number of nitrogens with zero attached hydrogens (tertiary/aromatic N) is 3. The van der Waals surface area contributed by atoms with Crippen molar-refractivity contribution in [3.05, 3.63) is 52.9 Å².